The number of hydrogen-bond donors (Lipinski definition) is 1. The minimum Gasteiger partial charge on any atom is -0.423 e. The number of hydrogen-bond acceptors (Lipinski definition) is 4. The van der Waals surface area contributed by atoms with E-state index >= 15 is 0 Å². The van der Waals surface area contributed by atoms with Crippen molar-refractivity contribution in [1.29, 1.82) is 0 Å². The van der Waals surface area contributed by atoms with Crippen LogP contribution in [0.1, 0.15) is 22.5 Å². The fourth-order valence-corrected chi connectivity index (χ4v) is 3.40. The molecule has 2 aliphatic heterocycles. The van der Waals surface area contributed by atoms with Gasteiger partial charge < -0.3 is 14.6 Å². The minimum atomic E-state index is -0.967. The van der Waals surface area contributed by atoms with Crippen molar-refractivity contribution in [3.63, 3.8) is 0 Å². The van der Waals surface area contributed by atoms with E-state index in [9.17, 15) is 14.2 Å². The average Bonchev–Trinajstić information content (AvgIpc) is 3.11. The predicted octanol–water partition coefficient (Wildman–Crippen LogP) is 0.680. The summed E-state index contributed by atoms with van der Waals surface area (Å²) in [6.45, 7) is 0.845. The van der Waals surface area contributed by atoms with E-state index in [4.69, 9.17) is 4.65 Å². The van der Waals surface area contributed by atoms with Gasteiger partial charge in [0.15, 0.2) is 0 Å². The van der Waals surface area contributed by atoms with E-state index in [1.165, 1.54) is 12.1 Å². The Morgan fingerprint density at radius 3 is 2.96 bits per heavy atom. The highest BCUT2D eigenvalue weighted by Gasteiger charge is 2.51. The van der Waals surface area contributed by atoms with Crippen LogP contribution in [-0.2, 0) is 10.3 Å². The molecule has 0 bridgehead atoms. The molecule has 1 aromatic carbocycles. The normalized spacial score (nSPS) is 22.7. The van der Waals surface area contributed by atoms with Gasteiger partial charge in [-0.1, -0.05) is 24.3 Å². The van der Waals surface area contributed by atoms with Crippen LogP contribution in [0.2, 0.25) is 0 Å². The molecule has 23 heavy (non-hydrogen) atoms. The molecule has 1 N–H and O–H groups in total. The van der Waals surface area contributed by atoms with Crippen LogP contribution in [0.25, 0.3) is 0 Å². The molecule has 5 nitrogen and oxygen atoms in total. The Morgan fingerprint density at radius 1 is 1.35 bits per heavy atom. The van der Waals surface area contributed by atoms with Gasteiger partial charge in [0.05, 0.1) is 18.3 Å². The maximum absolute atomic E-state index is 12.9. The van der Waals surface area contributed by atoms with Crippen molar-refractivity contribution in [3.8, 4) is 0 Å². The molecule has 4 rings (SSSR count). The molecule has 116 valence electrons. The van der Waals surface area contributed by atoms with Crippen molar-refractivity contribution < 1.29 is 18.9 Å². The van der Waals surface area contributed by atoms with Crippen LogP contribution in [-0.4, -0.2) is 41.0 Å². The van der Waals surface area contributed by atoms with Gasteiger partial charge in [0.1, 0.15) is 11.5 Å². The Hall–Kier alpha value is -2.25. The van der Waals surface area contributed by atoms with Crippen LogP contribution < -0.4 is 5.46 Å². The first-order chi connectivity index (χ1) is 11.1. The lowest BCUT2D eigenvalue weighted by atomic mass is 9.78. The van der Waals surface area contributed by atoms with Crippen molar-refractivity contribution in [2.24, 2.45) is 0 Å². The zero-order valence-electron chi connectivity index (χ0n) is 12.3. The number of aromatic nitrogens is 1. The molecule has 0 radical (unpaired) electrons. The summed E-state index contributed by atoms with van der Waals surface area (Å²) in [6.07, 6.45) is 1.64. The summed E-state index contributed by atoms with van der Waals surface area (Å²) in [7, 11) is -0.967. The first-order valence-corrected chi connectivity index (χ1v) is 7.45. The van der Waals surface area contributed by atoms with E-state index in [0.717, 1.165) is 17.2 Å². The van der Waals surface area contributed by atoms with Crippen molar-refractivity contribution in [2.75, 3.05) is 13.1 Å². The Kier molecular flexibility index (Phi) is 3.21. The molecule has 1 unspecified atom stereocenters. The molecule has 1 atom stereocenters. The highest BCUT2D eigenvalue weighted by molar-refractivity contribution is 6.62. The van der Waals surface area contributed by atoms with Gasteiger partial charge >= 0.3 is 7.12 Å². The number of fused-ring (bicyclic) bond motifs is 2. The van der Waals surface area contributed by atoms with Crippen LogP contribution in [0.5, 0.6) is 0 Å². The van der Waals surface area contributed by atoms with E-state index in [1.807, 2.05) is 24.3 Å². The lowest BCUT2D eigenvalue weighted by Crippen LogP contribution is -2.36. The second kappa shape index (κ2) is 5.14. The number of carbonyl (C=O) groups is 1. The molecule has 3 heterocycles. The molecule has 2 aliphatic rings. The van der Waals surface area contributed by atoms with Gasteiger partial charge in [0.2, 0.25) is 0 Å². The van der Waals surface area contributed by atoms with Gasteiger partial charge in [-0.2, -0.15) is 0 Å². The fraction of sp³-hybridized carbons (Fsp3) is 0.250. The first-order valence-electron chi connectivity index (χ1n) is 7.45. The van der Waals surface area contributed by atoms with Crippen molar-refractivity contribution in [1.82, 2.24) is 9.88 Å². The maximum atomic E-state index is 12.9. The SMILES string of the molecule is O=C(c1ccc(F)cn1)N1CCC2(C1)OB(O)c1ccccc12. The molecular formula is C16H14BFN2O3. The predicted molar refractivity (Wildman–Crippen MR) is 81.5 cm³/mol. The first kappa shape index (κ1) is 14.4. The smallest absolute Gasteiger partial charge is 0.423 e. The van der Waals surface area contributed by atoms with Crippen LogP contribution in [0, 0.1) is 5.82 Å². The minimum absolute atomic E-state index is 0.204. The fourth-order valence-electron chi connectivity index (χ4n) is 3.40. The second-order valence-corrected chi connectivity index (χ2v) is 5.89. The number of carbonyl (C=O) groups excluding carboxylic acids is 1. The van der Waals surface area contributed by atoms with E-state index in [2.05, 4.69) is 4.98 Å². The molecule has 0 saturated carbocycles. The molecule has 1 saturated heterocycles. The summed E-state index contributed by atoms with van der Waals surface area (Å²) in [5.41, 5.74) is 1.21. The Bertz CT molecular complexity index is 770. The monoisotopic (exact) mass is 312 g/mol. The molecule has 2 aromatic rings. The Labute approximate surface area is 132 Å². The van der Waals surface area contributed by atoms with Crippen LogP contribution >= 0.6 is 0 Å². The third-order valence-electron chi connectivity index (χ3n) is 4.52. The van der Waals surface area contributed by atoms with Gasteiger partial charge in [-0.25, -0.2) is 9.37 Å². The Morgan fingerprint density at radius 2 is 2.17 bits per heavy atom. The van der Waals surface area contributed by atoms with Gasteiger partial charge in [0.25, 0.3) is 5.91 Å². The van der Waals surface area contributed by atoms with Gasteiger partial charge in [-0.15, -0.1) is 0 Å². The van der Waals surface area contributed by atoms with Gasteiger partial charge in [-0.05, 0) is 29.6 Å². The third kappa shape index (κ3) is 2.24. The van der Waals surface area contributed by atoms with Crippen LogP contribution in [0.15, 0.2) is 42.6 Å². The van der Waals surface area contributed by atoms with Crippen molar-refractivity contribution in [3.05, 3.63) is 59.7 Å². The second-order valence-electron chi connectivity index (χ2n) is 5.89. The van der Waals surface area contributed by atoms with E-state index in [-0.39, 0.29) is 11.6 Å². The number of amides is 1. The molecule has 7 heteroatoms. The van der Waals surface area contributed by atoms with E-state index in [1.54, 1.807) is 4.90 Å². The molecular weight excluding hydrogens is 298 g/mol. The number of pyridine rings is 1. The topological polar surface area (TPSA) is 62.7 Å². The summed E-state index contributed by atoms with van der Waals surface area (Å²) in [6, 6.07) is 10.1. The summed E-state index contributed by atoms with van der Waals surface area (Å²) in [4.78, 5) is 18.0. The number of nitrogens with zero attached hydrogens (tertiary/aromatic N) is 2. The molecule has 1 fully saturated rings. The summed E-state index contributed by atoms with van der Waals surface area (Å²) in [5, 5.41) is 10.1. The Balaban J connectivity index is 1.60. The van der Waals surface area contributed by atoms with E-state index in [0.29, 0.717) is 19.5 Å². The molecule has 0 aliphatic carbocycles. The zero-order chi connectivity index (χ0) is 16.0. The highest BCUT2D eigenvalue weighted by Crippen LogP contribution is 2.39. The zero-order valence-corrected chi connectivity index (χ0v) is 12.3. The maximum Gasteiger partial charge on any atom is 0.492 e. The molecule has 1 amide bonds. The number of rotatable bonds is 1. The quantitative estimate of drug-likeness (QED) is 0.787. The van der Waals surface area contributed by atoms with Gasteiger partial charge in [-0.3, -0.25) is 4.79 Å². The van der Waals surface area contributed by atoms with Crippen LogP contribution in [0.4, 0.5) is 4.39 Å². The molecule has 1 aromatic heterocycles. The van der Waals surface area contributed by atoms with E-state index < -0.39 is 18.5 Å². The third-order valence-corrected chi connectivity index (χ3v) is 4.52. The number of benzene rings is 1. The highest BCUT2D eigenvalue weighted by atomic mass is 19.1. The average molecular weight is 312 g/mol. The lowest BCUT2D eigenvalue weighted by molar-refractivity contribution is 0.0568. The summed E-state index contributed by atoms with van der Waals surface area (Å²) in [5.74, 6) is -0.736. The standard InChI is InChI=1S/C16H14BFN2O3/c18-11-5-6-14(19-9-11)15(21)20-8-7-16(10-20)12-3-1-2-4-13(12)17(22)23-16/h1-6,9,22H,7-8,10H2. The summed E-state index contributed by atoms with van der Waals surface area (Å²) >= 11 is 0. The largest absolute Gasteiger partial charge is 0.492 e. The lowest BCUT2D eigenvalue weighted by Gasteiger charge is -2.25. The van der Waals surface area contributed by atoms with Crippen molar-refractivity contribution in [2.45, 2.75) is 12.0 Å². The van der Waals surface area contributed by atoms with Gasteiger partial charge in [0, 0.05) is 6.54 Å². The van der Waals surface area contributed by atoms with Crippen LogP contribution in [0.3, 0.4) is 0 Å². The number of halogens is 1. The summed E-state index contributed by atoms with van der Waals surface area (Å²) < 4.78 is 18.7. The molecule has 1 spiro atoms. The van der Waals surface area contributed by atoms with Crippen molar-refractivity contribution >= 4 is 18.5 Å². The number of likely N-dealkylation sites (tertiary alicyclic amines) is 1.